The number of hydrogen-bond donors (Lipinski definition) is 5. The average Bonchev–Trinajstić information content (AvgIpc) is 0.805. The van der Waals surface area contributed by atoms with Crippen molar-refractivity contribution in [3.8, 4) is 34.5 Å². The number of nitrogens with one attached hydrogen (secondary N) is 4. The van der Waals surface area contributed by atoms with Crippen LogP contribution in [0, 0.1) is 0 Å². The molecule has 34 heteroatoms. The average molecular weight is 1520 g/mol. The Morgan fingerprint density at radius 1 is 0.390 bits per heavy atom. The maximum absolute atomic E-state index is 12.7. The molecule has 0 atom stereocenters. The zero-order chi connectivity index (χ0) is 77.1. The summed E-state index contributed by atoms with van der Waals surface area (Å²) < 4.78 is 148. The van der Waals surface area contributed by atoms with Crippen LogP contribution in [0.4, 0.5) is 42.2 Å². The van der Waals surface area contributed by atoms with Gasteiger partial charge in [-0.1, -0.05) is 47.6 Å². The Kier molecular flexibility index (Phi) is 39.5. The van der Waals surface area contributed by atoms with E-state index in [1.165, 1.54) is 30.9 Å². The van der Waals surface area contributed by atoms with Crippen LogP contribution in [0.25, 0.3) is 0 Å². The number of methoxy groups -OCH3 is 2. The van der Waals surface area contributed by atoms with Crippen LogP contribution in [0.15, 0.2) is 72.8 Å². The first-order chi connectivity index (χ1) is 49.7. The predicted molar refractivity (Wildman–Crippen MR) is 377 cm³/mol. The van der Waals surface area contributed by atoms with E-state index in [-0.39, 0.29) is 88.5 Å². The van der Waals surface area contributed by atoms with Gasteiger partial charge in [0.1, 0.15) is 59.0 Å². The Hall–Kier alpha value is -7.85. The Morgan fingerprint density at radius 2 is 0.686 bits per heavy atom. The van der Waals surface area contributed by atoms with E-state index in [1.54, 1.807) is 54.6 Å². The van der Waals surface area contributed by atoms with E-state index in [0.717, 1.165) is 25.9 Å². The second kappa shape index (κ2) is 46.3. The number of rotatable bonds is 17. The van der Waals surface area contributed by atoms with Gasteiger partial charge in [-0.3, -0.25) is 28.8 Å². The van der Waals surface area contributed by atoms with Gasteiger partial charge in [0.2, 0.25) is 23.6 Å². The van der Waals surface area contributed by atoms with Crippen LogP contribution in [0.2, 0.25) is 0 Å². The molecule has 0 fully saturated rings. The van der Waals surface area contributed by atoms with E-state index in [2.05, 4.69) is 95.8 Å². The van der Waals surface area contributed by atoms with Crippen LogP contribution in [-0.4, -0.2) is 208 Å². The normalized spacial score (nSPS) is 16.2. The van der Waals surface area contributed by atoms with Crippen LogP contribution in [-0.2, 0) is 93.5 Å². The number of anilines is 3. The van der Waals surface area contributed by atoms with Gasteiger partial charge in [0.15, 0.2) is 34.5 Å². The second-order valence-corrected chi connectivity index (χ2v) is 27.3. The second-order valence-electron chi connectivity index (χ2n) is 25.3. The third-order valence-electron chi connectivity index (χ3n) is 14.4. The van der Waals surface area contributed by atoms with E-state index in [9.17, 15) is 53.9 Å². The van der Waals surface area contributed by atoms with Gasteiger partial charge in [0, 0.05) is 60.2 Å². The molecule has 4 amide bonds. The first-order valence-corrected chi connectivity index (χ1v) is 36.4. The number of esters is 2. The Morgan fingerprint density at radius 3 is 0.990 bits per heavy atom. The number of amides is 4. The standard InChI is InChI=1S/C39H61N3O8.C32H42N2O14.F6P/c1-38(2,3)31-25-30(26-32(27-31)39(4,5)6)29-40-13-8-7-9-36(43)41-14-12-37(44)42-33-10-11-34-35(28-33)50-24-22-48-20-18-46-16-15-45-17-19-47-21-23-49-34;1-39-31(37)21-29(35)33-23-3-5-25-27(19-23)47-17-13-43-9-10-44-14-18-48-28-20-24(34-30(36)22-32(38)40-2)4-6-26(28)46-16-12-42-8-7-41-11-15-45-25;1-7(2,3,4,5)6/h10-11,25-28,40H,7-9,12-24,29H2,1-6H3,(H,41,43)(H,42,44);3-6,19-20H,7-18,21-22H2,1-2H3,(H,33,35)(H,34,36);/q;;-1/p+1. The number of carbonyl (C=O) groups excluding carboxylic acids is 6. The van der Waals surface area contributed by atoms with Gasteiger partial charge in [-0.15, -0.1) is 0 Å². The van der Waals surface area contributed by atoms with Gasteiger partial charge >= 0.3 is 44.9 Å². The minimum atomic E-state index is -10.7. The number of benzene rings is 4. The molecule has 4 aromatic rings. The fourth-order valence-electron chi connectivity index (χ4n) is 9.09. The fourth-order valence-corrected chi connectivity index (χ4v) is 9.09. The molecule has 2 aliphatic heterocycles. The van der Waals surface area contributed by atoms with Crippen molar-refractivity contribution in [2.24, 2.45) is 0 Å². The molecule has 0 aliphatic carbocycles. The molecule has 0 bridgehead atoms. The summed E-state index contributed by atoms with van der Waals surface area (Å²) in [6.45, 7) is 23.1. The molecule has 0 saturated carbocycles. The van der Waals surface area contributed by atoms with Gasteiger partial charge < -0.3 is 102 Å². The SMILES string of the molecule is CC(C)(C)c1cc(C[NH2+]CCCCC(=O)NCCC(=O)Nc2ccc3c(c2)OCCOCCOCCOCCOCCO3)cc(C(C)(C)C)c1.COC(=O)CC(=O)Nc1ccc2c(c1)OCCOCCOCCOc1cc(NC(=O)CC(=O)OC)ccc1OCCOCCOCCO2.F[P-](F)(F)(F)(F)F. The molecule has 27 nitrogen and oxygen atoms in total. The van der Waals surface area contributed by atoms with E-state index < -0.39 is 44.4 Å². The molecule has 2 heterocycles. The predicted octanol–water partition coefficient (Wildman–Crippen LogP) is 9.87. The number of ether oxygens (including phenoxy) is 16. The number of unbranched alkanes of at least 4 members (excludes halogenated alkanes) is 1. The summed E-state index contributed by atoms with van der Waals surface area (Å²) in [6, 6.07) is 22.0. The Labute approximate surface area is 608 Å². The van der Waals surface area contributed by atoms with Gasteiger partial charge in [-0.05, 0) is 83.3 Å². The van der Waals surface area contributed by atoms with Crippen LogP contribution in [0.1, 0.15) is 96.8 Å². The Bertz CT molecular complexity index is 3150. The molecule has 592 valence electrons. The quantitative estimate of drug-likeness (QED) is 0.0216. The third kappa shape index (κ3) is 44.0. The fraction of sp³-hybridized carbons (Fsp3) is 0.577. The number of nitrogens with two attached hydrogens (primary N) is 1. The molecular weight excluding hydrogens is 1420 g/mol. The topological polar surface area (TPSA) is 315 Å². The first kappa shape index (κ1) is 89.5. The van der Waals surface area contributed by atoms with Crippen molar-refractivity contribution in [1.82, 2.24) is 5.32 Å². The molecule has 0 unspecified atom stereocenters. The van der Waals surface area contributed by atoms with Crippen molar-refractivity contribution >= 4 is 60.4 Å². The van der Waals surface area contributed by atoms with E-state index >= 15 is 0 Å². The van der Waals surface area contributed by atoms with E-state index in [0.29, 0.717) is 150 Å². The first-order valence-electron chi connectivity index (χ1n) is 34.4. The number of quaternary nitrogens is 1. The van der Waals surface area contributed by atoms with Crippen molar-refractivity contribution in [3.05, 3.63) is 89.5 Å². The molecule has 0 aromatic heterocycles. The van der Waals surface area contributed by atoms with Crippen molar-refractivity contribution in [1.29, 1.82) is 0 Å². The van der Waals surface area contributed by atoms with Crippen LogP contribution in [0.5, 0.6) is 34.5 Å². The molecule has 0 radical (unpaired) electrons. The van der Waals surface area contributed by atoms with Crippen molar-refractivity contribution in [2.45, 2.75) is 97.4 Å². The molecule has 2 aliphatic rings. The molecule has 4 aromatic carbocycles. The minimum absolute atomic E-state index is 0.0369. The van der Waals surface area contributed by atoms with Crippen molar-refractivity contribution in [3.63, 3.8) is 0 Å². The molecule has 0 spiro atoms. The van der Waals surface area contributed by atoms with E-state index in [4.69, 9.17) is 66.3 Å². The summed E-state index contributed by atoms with van der Waals surface area (Å²) in [5.41, 5.74) is 5.69. The molecular formula is C71H104F6N5O22P. The maximum atomic E-state index is 12.7. The molecule has 105 heavy (non-hydrogen) atoms. The van der Waals surface area contributed by atoms with E-state index in [1.807, 2.05) is 0 Å². The summed E-state index contributed by atoms with van der Waals surface area (Å²) in [5.74, 6) is 0.0392. The van der Waals surface area contributed by atoms with Crippen molar-refractivity contribution in [2.75, 3.05) is 189 Å². The number of halogens is 6. The van der Waals surface area contributed by atoms with Gasteiger partial charge in [-0.25, -0.2) is 0 Å². The monoisotopic (exact) mass is 1520 g/mol. The number of carbonyl (C=O) groups is 6. The summed E-state index contributed by atoms with van der Waals surface area (Å²) in [5, 5.41) is 13.3. The summed E-state index contributed by atoms with van der Waals surface area (Å²) in [6.07, 6.45) is 1.52. The van der Waals surface area contributed by atoms with Crippen LogP contribution < -0.4 is 55.0 Å². The molecule has 6 N–H and O–H groups in total. The number of hydrogen-bond acceptors (Lipinski definition) is 22. The third-order valence-corrected chi connectivity index (χ3v) is 14.4. The van der Waals surface area contributed by atoms with Crippen LogP contribution >= 0.6 is 7.81 Å². The van der Waals surface area contributed by atoms with Gasteiger partial charge in [-0.2, -0.15) is 0 Å². The van der Waals surface area contributed by atoms with Gasteiger partial charge in [0.05, 0.1) is 126 Å². The molecule has 6 rings (SSSR count). The zero-order valence-electron chi connectivity index (χ0n) is 61.1. The Balaban J connectivity index is 0.000000407. The van der Waals surface area contributed by atoms with Gasteiger partial charge in [0.25, 0.3) is 0 Å². The summed E-state index contributed by atoms with van der Waals surface area (Å²) in [4.78, 5) is 72.1. The summed E-state index contributed by atoms with van der Waals surface area (Å²) >= 11 is 0. The molecule has 0 saturated heterocycles. The van der Waals surface area contributed by atoms with Crippen molar-refractivity contribution < 1.29 is 135 Å². The van der Waals surface area contributed by atoms with Crippen LogP contribution in [0.3, 0.4) is 0 Å². The summed E-state index contributed by atoms with van der Waals surface area (Å²) in [7, 11) is -8.24. The number of fused-ring (bicyclic) bond motifs is 3. The zero-order valence-corrected chi connectivity index (χ0v) is 62.0.